The minimum Gasteiger partial charge on any atom is -0.462 e. The van der Waals surface area contributed by atoms with Gasteiger partial charge in [0.15, 0.2) is 6.10 Å². The molecule has 69 heavy (non-hydrogen) atoms. The van der Waals surface area contributed by atoms with E-state index >= 15 is 0 Å². The Morgan fingerprint density at radius 3 is 0.957 bits per heavy atom. The number of unbranched alkanes of at least 4 members (excludes halogenated alkanes) is 15. The summed E-state index contributed by atoms with van der Waals surface area (Å²) in [6.45, 7) is 6.37. The molecule has 0 saturated carbocycles. The van der Waals surface area contributed by atoms with Crippen LogP contribution in [0.25, 0.3) is 0 Å². The van der Waals surface area contributed by atoms with Crippen molar-refractivity contribution in [3.05, 3.63) is 134 Å². The predicted molar refractivity (Wildman–Crippen MR) is 297 cm³/mol. The highest BCUT2D eigenvalue weighted by atomic mass is 16.6. The summed E-state index contributed by atoms with van der Waals surface area (Å²) in [5, 5.41) is 0. The van der Waals surface area contributed by atoms with Crippen molar-refractivity contribution in [2.75, 3.05) is 13.2 Å². The van der Waals surface area contributed by atoms with Crippen LogP contribution in [0.2, 0.25) is 0 Å². The van der Waals surface area contributed by atoms with Crippen molar-refractivity contribution in [1.82, 2.24) is 0 Å². The van der Waals surface area contributed by atoms with Gasteiger partial charge in [0, 0.05) is 19.3 Å². The Bertz CT molecular complexity index is 1510. The van der Waals surface area contributed by atoms with Gasteiger partial charge in [-0.25, -0.2) is 0 Å². The average molecular weight is 953 g/mol. The Hall–Kier alpha value is -4.45. The summed E-state index contributed by atoms with van der Waals surface area (Å²) in [4.78, 5) is 38.1. The van der Waals surface area contributed by atoms with Crippen LogP contribution in [-0.2, 0) is 28.6 Å². The van der Waals surface area contributed by atoms with Gasteiger partial charge in [0.1, 0.15) is 13.2 Å². The fraction of sp³-hybridized carbons (Fsp3) is 0.603. The van der Waals surface area contributed by atoms with E-state index in [0.717, 1.165) is 122 Å². The maximum Gasteiger partial charge on any atom is 0.306 e. The second-order valence-electron chi connectivity index (χ2n) is 17.7. The van der Waals surface area contributed by atoms with E-state index in [-0.39, 0.29) is 44.0 Å². The average Bonchev–Trinajstić information content (AvgIpc) is 3.35. The zero-order valence-corrected chi connectivity index (χ0v) is 44.3. The monoisotopic (exact) mass is 953 g/mol. The smallest absolute Gasteiger partial charge is 0.306 e. The van der Waals surface area contributed by atoms with E-state index in [1.165, 1.54) is 51.4 Å². The Morgan fingerprint density at radius 1 is 0.304 bits per heavy atom. The van der Waals surface area contributed by atoms with Gasteiger partial charge in [-0.15, -0.1) is 0 Å². The largest absolute Gasteiger partial charge is 0.462 e. The van der Waals surface area contributed by atoms with E-state index in [0.29, 0.717) is 19.3 Å². The molecule has 0 aromatic carbocycles. The molecule has 0 radical (unpaired) electrons. The van der Waals surface area contributed by atoms with Gasteiger partial charge in [-0.2, -0.15) is 0 Å². The number of rotatable bonds is 48. The first-order chi connectivity index (χ1) is 34.0. The van der Waals surface area contributed by atoms with Gasteiger partial charge in [-0.1, -0.05) is 206 Å². The van der Waals surface area contributed by atoms with Gasteiger partial charge >= 0.3 is 17.9 Å². The Labute approximate surface area is 424 Å². The molecule has 0 bridgehead atoms. The van der Waals surface area contributed by atoms with Crippen molar-refractivity contribution in [1.29, 1.82) is 0 Å². The highest BCUT2D eigenvalue weighted by Gasteiger charge is 2.19. The summed E-state index contributed by atoms with van der Waals surface area (Å²) >= 11 is 0. The third-order valence-electron chi connectivity index (χ3n) is 11.1. The zero-order chi connectivity index (χ0) is 50.0. The number of hydrogen-bond donors (Lipinski definition) is 0. The quantitative estimate of drug-likeness (QED) is 0.0262. The second kappa shape index (κ2) is 56.1. The molecule has 0 amide bonds. The molecular formula is C63H100O6. The van der Waals surface area contributed by atoms with Crippen molar-refractivity contribution in [2.24, 2.45) is 0 Å². The molecule has 1 atom stereocenters. The van der Waals surface area contributed by atoms with E-state index in [2.05, 4.69) is 154 Å². The van der Waals surface area contributed by atoms with E-state index in [1.807, 2.05) is 0 Å². The highest BCUT2D eigenvalue weighted by molar-refractivity contribution is 5.71. The lowest BCUT2D eigenvalue weighted by Crippen LogP contribution is -2.30. The van der Waals surface area contributed by atoms with E-state index in [9.17, 15) is 14.4 Å². The molecule has 0 rings (SSSR count). The third-order valence-corrected chi connectivity index (χ3v) is 11.1. The summed E-state index contributed by atoms with van der Waals surface area (Å²) in [7, 11) is 0. The maximum absolute atomic E-state index is 12.8. The van der Waals surface area contributed by atoms with Crippen molar-refractivity contribution < 1.29 is 28.6 Å². The van der Waals surface area contributed by atoms with Gasteiger partial charge < -0.3 is 14.2 Å². The van der Waals surface area contributed by atoms with Crippen LogP contribution in [0.4, 0.5) is 0 Å². The Kier molecular flexibility index (Phi) is 52.5. The van der Waals surface area contributed by atoms with Crippen LogP contribution in [0.1, 0.15) is 226 Å². The number of ether oxygens (including phenoxy) is 3. The first-order valence-electron chi connectivity index (χ1n) is 27.7. The molecular weight excluding hydrogens is 853 g/mol. The lowest BCUT2D eigenvalue weighted by atomic mass is 10.1. The molecule has 0 unspecified atom stereocenters. The highest BCUT2D eigenvalue weighted by Crippen LogP contribution is 2.12. The Balaban J connectivity index is 4.59. The molecule has 0 N–H and O–H groups in total. The lowest BCUT2D eigenvalue weighted by Gasteiger charge is -2.18. The zero-order valence-electron chi connectivity index (χ0n) is 44.3. The van der Waals surface area contributed by atoms with Gasteiger partial charge in [0.25, 0.3) is 0 Å². The third kappa shape index (κ3) is 54.4. The molecule has 0 aliphatic carbocycles. The molecule has 388 valence electrons. The van der Waals surface area contributed by atoms with E-state index in [4.69, 9.17) is 14.2 Å². The number of allylic oxidation sites excluding steroid dienone is 22. The molecule has 0 aromatic rings. The number of carbonyl (C=O) groups is 3. The molecule has 0 aliphatic rings. The first kappa shape index (κ1) is 64.5. The summed E-state index contributed by atoms with van der Waals surface area (Å²) in [6, 6.07) is 0. The first-order valence-corrected chi connectivity index (χ1v) is 27.7. The number of carbonyl (C=O) groups excluding carboxylic acids is 3. The molecule has 0 aromatic heterocycles. The number of hydrogen-bond acceptors (Lipinski definition) is 6. The minimum atomic E-state index is -0.829. The molecule has 0 spiro atoms. The molecule has 0 saturated heterocycles. The fourth-order valence-electron chi connectivity index (χ4n) is 6.96. The van der Waals surface area contributed by atoms with Crippen LogP contribution in [0.3, 0.4) is 0 Å². The molecule has 0 fully saturated rings. The summed E-state index contributed by atoms with van der Waals surface area (Å²) in [5.41, 5.74) is 0. The van der Waals surface area contributed by atoms with E-state index < -0.39 is 6.10 Å². The number of esters is 3. The SMILES string of the molecule is CC/C=C\C/C=C\C/C=C\C/C=C\C/C=C\CCCCCC(=O)O[C@H](COC(=O)CCC/C=C\C/C=C\C/C=C\C/C=C\CCCCC)COC(=O)CCCCCCC/C=C\C/C=C\CCCCC. The van der Waals surface area contributed by atoms with Gasteiger partial charge in [-0.3, -0.25) is 14.4 Å². The van der Waals surface area contributed by atoms with Crippen LogP contribution in [-0.4, -0.2) is 37.2 Å². The van der Waals surface area contributed by atoms with Crippen LogP contribution < -0.4 is 0 Å². The van der Waals surface area contributed by atoms with Crippen molar-refractivity contribution >= 4 is 17.9 Å². The van der Waals surface area contributed by atoms with Crippen molar-refractivity contribution in [2.45, 2.75) is 232 Å². The molecule has 0 heterocycles. The van der Waals surface area contributed by atoms with Crippen molar-refractivity contribution in [3.8, 4) is 0 Å². The molecule has 0 aliphatic heterocycles. The van der Waals surface area contributed by atoms with E-state index in [1.54, 1.807) is 0 Å². The topological polar surface area (TPSA) is 78.9 Å². The van der Waals surface area contributed by atoms with Gasteiger partial charge in [-0.05, 0) is 135 Å². The minimum absolute atomic E-state index is 0.121. The predicted octanol–water partition coefficient (Wildman–Crippen LogP) is 18.6. The summed E-state index contributed by atoms with van der Waals surface area (Å²) in [5.74, 6) is -1.03. The fourth-order valence-corrected chi connectivity index (χ4v) is 6.96. The van der Waals surface area contributed by atoms with Crippen LogP contribution in [0.5, 0.6) is 0 Å². The van der Waals surface area contributed by atoms with Crippen molar-refractivity contribution in [3.63, 3.8) is 0 Å². The second-order valence-corrected chi connectivity index (χ2v) is 17.7. The van der Waals surface area contributed by atoms with Crippen LogP contribution >= 0.6 is 0 Å². The lowest BCUT2D eigenvalue weighted by molar-refractivity contribution is -0.167. The maximum atomic E-state index is 12.8. The standard InChI is InChI=1S/C63H100O6/c1-4-7-10-13-16-19-22-25-28-30-31-33-36-39-42-45-48-51-54-57-63(66)69-60(58-67-61(64)55-52-49-46-43-40-37-34-27-24-21-18-15-12-9-6-3)59-68-62(65)56-53-50-47-44-41-38-35-32-29-26-23-20-17-14-11-8-5-2/h7,10,16-21,25-29,31,33-35,38-39,42,44,47,60H,4-6,8-9,11-15,22-24,30,32,36-37,40-41,43,45-46,48-59H2,1-3H3/b10-7-,19-16-,20-17-,21-18-,28-25-,29-26-,33-31-,34-27-,38-35-,42-39-,47-44-/t60-/m0/s1. The van der Waals surface area contributed by atoms with Crippen LogP contribution in [0, 0.1) is 0 Å². The van der Waals surface area contributed by atoms with Gasteiger partial charge in [0.2, 0.25) is 0 Å². The normalized spacial score (nSPS) is 13.1. The molecule has 6 heteroatoms. The van der Waals surface area contributed by atoms with Gasteiger partial charge in [0.05, 0.1) is 0 Å². The summed E-state index contributed by atoms with van der Waals surface area (Å²) in [6.07, 6.45) is 78.6. The summed E-state index contributed by atoms with van der Waals surface area (Å²) < 4.78 is 16.8. The van der Waals surface area contributed by atoms with Crippen LogP contribution in [0.15, 0.2) is 134 Å². The molecule has 6 nitrogen and oxygen atoms in total. The Morgan fingerprint density at radius 2 is 0.580 bits per heavy atom.